The smallest absolute Gasteiger partial charge is 0.335 e. The van der Waals surface area contributed by atoms with Crippen LogP contribution in [0.25, 0.3) is 0 Å². The van der Waals surface area contributed by atoms with Crippen LogP contribution in [0.5, 0.6) is 5.75 Å². The Hall–Kier alpha value is -2.15. The molecule has 0 spiro atoms. The van der Waals surface area contributed by atoms with Gasteiger partial charge in [0, 0.05) is 12.1 Å². The van der Waals surface area contributed by atoms with Gasteiger partial charge in [-0.2, -0.15) is 0 Å². The lowest BCUT2D eigenvalue weighted by Gasteiger charge is -2.26. The van der Waals surface area contributed by atoms with Crippen molar-refractivity contribution in [3.63, 3.8) is 0 Å². The molecule has 7 heteroatoms. The lowest BCUT2D eigenvalue weighted by Crippen LogP contribution is -2.41. The van der Waals surface area contributed by atoms with E-state index in [1.807, 2.05) is 0 Å². The van der Waals surface area contributed by atoms with Crippen LogP contribution in [0.3, 0.4) is 0 Å². The van der Waals surface area contributed by atoms with Gasteiger partial charge >= 0.3 is 5.97 Å². The first-order valence-electron chi connectivity index (χ1n) is 5.75. The first-order chi connectivity index (χ1) is 9.06. The van der Waals surface area contributed by atoms with Gasteiger partial charge in [-0.3, -0.25) is 10.1 Å². The topological polar surface area (TPSA) is 87.9 Å². The van der Waals surface area contributed by atoms with Gasteiger partial charge < -0.3 is 14.2 Å². The molecule has 1 aromatic rings. The summed E-state index contributed by atoms with van der Waals surface area (Å²) < 4.78 is 15.7. The average Bonchev–Trinajstić information content (AvgIpc) is 2.40. The Balaban J connectivity index is 1.85. The molecule has 19 heavy (non-hydrogen) atoms. The van der Waals surface area contributed by atoms with E-state index in [-0.39, 0.29) is 18.9 Å². The maximum atomic E-state index is 11.3. The van der Waals surface area contributed by atoms with Crippen molar-refractivity contribution in [2.45, 2.75) is 19.1 Å². The molecule has 1 aliphatic heterocycles. The van der Waals surface area contributed by atoms with Gasteiger partial charge in [0.1, 0.15) is 12.4 Å². The molecule has 7 nitrogen and oxygen atoms in total. The number of ether oxygens (including phenoxy) is 3. The number of nitro groups is 1. The van der Waals surface area contributed by atoms with Crippen LogP contribution in [0.4, 0.5) is 5.69 Å². The molecule has 102 valence electrons. The van der Waals surface area contributed by atoms with E-state index in [1.54, 1.807) is 6.92 Å². The van der Waals surface area contributed by atoms with E-state index in [2.05, 4.69) is 0 Å². The highest BCUT2D eigenvalue weighted by Crippen LogP contribution is 2.18. The molecule has 2 rings (SSSR count). The molecule has 0 aromatic heterocycles. The van der Waals surface area contributed by atoms with Crippen molar-refractivity contribution in [2.24, 2.45) is 0 Å². The van der Waals surface area contributed by atoms with E-state index in [1.165, 1.54) is 24.3 Å². The molecule has 1 aliphatic rings. The van der Waals surface area contributed by atoms with Gasteiger partial charge in [0.05, 0.1) is 11.5 Å². The second-order valence-electron chi connectivity index (χ2n) is 4.10. The van der Waals surface area contributed by atoms with Crippen LogP contribution in [0.15, 0.2) is 24.3 Å². The molecule has 1 heterocycles. The Labute approximate surface area is 109 Å². The fourth-order valence-corrected chi connectivity index (χ4v) is 1.55. The summed E-state index contributed by atoms with van der Waals surface area (Å²) in [5, 5.41) is 10.5. The van der Waals surface area contributed by atoms with Crippen molar-refractivity contribution in [3.8, 4) is 5.75 Å². The summed E-state index contributed by atoms with van der Waals surface area (Å²) in [7, 11) is 0. The number of carbonyl (C=O) groups excluding carboxylic acids is 1. The van der Waals surface area contributed by atoms with Gasteiger partial charge in [0.15, 0.2) is 12.2 Å². The Morgan fingerprint density at radius 1 is 1.42 bits per heavy atom. The summed E-state index contributed by atoms with van der Waals surface area (Å²) in [5.74, 6) is 0.0591. The second-order valence-corrected chi connectivity index (χ2v) is 4.10. The lowest BCUT2D eigenvalue weighted by atomic mass is 10.3. The Morgan fingerprint density at radius 3 is 2.68 bits per heavy atom. The lowest BCUT2D eigenvalue weighted by molar-refractivity contribution is -0.384. The zero-order valence-corrected chi connectivity index (χ0v) is 10.3. The first-order valence-corrected chi connectivity index (χ1v) is 5.75. The molecule has 0 saturated carbocycles. The number of hydrogen-bond acceptors (Lipinski definition) is 6. The van der Waals surface area contributed by atoms with Crippen LogP contribution >= 0.6 is 0 Å². The molecule has 2 atom stereocenters. The quantitative estimate of drug-likeness (QED) is 0.464. The van der Waals surface area contributed by atoms with Crippen LogP contribution in [0.2, 0.25) is 0 Å². The summed E-state index contributed by atoms with van der Waals surface area (Å²) in [6, 6.07) is 5.68. The standard InChI is InChI=1S/C12H13NO6/c1-8-12(14)19-11(6-17-8)7-18-10-4-2-9(3-5-10)13(15)16/h2-5,8,11H,6-7H2,1H3. The summed E-state index contributed by atoms with van der Waals surface area (Å²) >= 11 is 0. The van der Waals surface area contributed by atoms with E-state index in [4.69, 9.17) is 14.2 Å². The van der Waals surface area contributed by atoms with Crippen molar-refractivity contribution < 1.29 is 23.9 Å². The fraction of sp³-hybridized carbons (Fsp3) is 0.417. The maximum Gasteiger partial charge on any atom is 0.335 e. The molecule has 2 unspecified atom stereocenters. The average molecular weight is 267 g/mol. The second kappa shape index (κ2) is 5.66. The molecule has 1 fully saturated rings. The molecular weight excluding hydrogens is 254 g/mol. The van der Waals surface area contributed by atoms with Gasteiger partial charge in [0.25, 0.3) is 5.69 Å². The minimum atomic E-state index is -0.546. The zero-order chi connectivity index (χ0) is 13.8. The predicted molar refractivity (Wildman–Crippen MR) is 63.9 cm³/mol. The number of nitro benzene ring substituents is 1. The van der Waals surface area contributed by atoms with Gasteiger partial charge in [-0.15, -0.1) is 0 Å². The van der Waals surface area contributed by atoms with Crippen LogP contribution in [0.1, 0.15) is 6.92 Å². The van der Waals surface area contributed by atoms with Crippen LogP contribution in [-0.2, 0) is 14.3 Å². The number of rotatable bonds is 4. The summed E-state index contributed by atoms with van der Waals surface area (Å²) in [6.45, 7) is 2.05. The monoisotopic (exact) mass is 267 g/mol. The van der Waals surface area contributed by atoms with E-state index in [0.29, 0.717) is 5.75 Å². The van der Waals surface area contributed by atoms with Gasteiger partial charge in [0.2, 0.25) is 0 Å². The highest BCUT2D eigenvalue weighted by atomic mass is 16.6. The van der Waals surface area contributed by atoms with Gasteiger partial charge in [-0.05, 0) is 19.1 Å². The summed E-state index contributed by atoms with van der Waals surface area (Å²) in [6.07, 6.45) is -1.01. The molecule has 1 saturated heterocycles. The molecule has 0 aliphatic carbocycles. The van der Waals surface area contributed by atoms with Crippen LogP contribution in [0, 0.1) is 10.1 Å². The van der Waals surface area contributed by atoms with Gasteiger partial charge in [-0.25, -0.2) is 4.79 Å². The van der Waals surface area contributed by atoms with Gasteiger partial charge in [-0.1, -0.05) is 0 Å². The van der Waals surface area contributed by atoms with Crippen LogP contribution < -0.4 is 4.74 Å². The fourth-order valence-electron chi connectivity index (χ4n) is 1.55. The molecule has 0 bridgehead atoms. The Morgan fingerprint density at radius 2 is 2.11 bits per heavy atom. The van der Waals surface area contributed by atoms with Crippen molar-refractivity contribution >= 4 is 11.7 Å². The maximum absolute atomic E-state index is 11.3. The Kier molecular flexibility index (Phi) is 3.96. The Bertz CT molecular complexity index is 472. The SMILES string of the molecule is CC1OCC(COc2ccc([N+](=O)[O-])cc2)OC1=O. The number of nitrogens with zero attached hydrogens (tertiary/aromatic N) is 1. The molecule has 1 aromatic carbocycles. The van der Waals surface area contributed by atoms with Crippen LogP contribution in [-0.4, -0.2) is 36.3 Å². The minimum absolute atomic E-state index is 0.00592. The molecule has 0 radical (unpaired) electrons. The van der Waals surface area contributed by atoms with E-state index in [9.17, 15) is 14.9 Å². The predicted octanol–water partition coefficient (Wildman–Crippen LogP) is 1.30. The van der Waals surface area contributed by atoms with Crippen molar-refractivity contribution in [1.29, 1.82) is 0 Å². The number of cyclic esters (lactones) is 1. The molecule has 0 N–H and O–H groups in total. The van der Waals surface area contributed by atoms with E-state index in [0.717, 1.165) is 0 Å². The normalized spacial score (nSPS) is 22.7. The summed E-state index contributed by atoms with van der Waals surface area (Å²) in [4.78, 5) is 21.2. The number of non-ortho nitro benzene ring substituents is 1. The third kappa shape index (κ3) is 3.41. The third-order valence-corrected chi connectivity index (χ3v) is 2.63. The van der Waals surface area contributed by atoms with Crippen molar-refractivity contribution in [2.75, 3.05) is 13.2 Å². The highest BCUT2D eigenvalue weighted by Gasteiger charge is 2.27. The summed E-state index contributed by atoms with van der Waals surface area (Å²) in [5.41, 5.74) is -0.00592. The number of carbonyl (C=O) groups is 1. The largest absolute Gasteiger partial charge is 0.490 e. The molecule has 0 amide bonds. The number of hydrogen-bond donors (Lipinski definition) is 0. The highest BCUT2D eigenvalue weighted by molar-refractivity contribution is 5.74. The van der Waals surface area contributed by atoms with Crippen molar-refractivity contribution in [1.82, 2.24) is 0 Å². The first kappa shape index (κ1) is 13.3. The zero-order valence-electron chi connectivity index (χ0n) is 10.3. The molecular formula is C12H13NO6. The van der Waals surface area contributed by atoms with E-state index >= 15 is 0 Å². The number of esters is 1. The van der Waals surface area contributed by atoms with Crippen molar-refractivity contribution in [3.05, 3.63) is 34.4 Å². The van der Waals surface area contributed by atoms with E-state index < -0.39 is 23.1 Å². The third-order valence-electron chi connectivity index (χ3n) is 2.63. The minimum Gasteiger partial charge on any atom is -0.490 e. The number of benzene rings is 1.